The summed E-state index contributed by atoms with van der Waals surface area (Å²) in [4.78, 5) is 0.349. The third-order valence-corrected chi connectivity index (χ3v) is 5.43. The van der Waals surface area contributed by atoms with E-state index in [1.807, 2.05) is 12.1 Å². The molecule has 20 heavy (non-hydrogen) atoms. The number of nitrogens with one attached hydrogen (secondary N) is 2. The van der Waals surface area contributed by atoms with Crippen molar-refractivity contribution in [2.75, 3.05) is 19.6 Å². The molecule has 5 heteroatoms. The highest BCUT2D eigenvalue weighted by atomic mass is 32.2. The Labute approximate surface area is 122 Å². The first-order chi connectivity index (χ1) is 9.45. The van der Waals surface area contributed by atoms with Gasteiger partial charge in [-0.1, -0.05) is 26.0 Å². The van der Waals surface area contributed by atoms with E-state index in [1.54, 1.807) is 12.1 Å². The molecule has 1 heterocycles. The SMILES string of the molecule is CCc1ccc(S(=O)(=O)NCC2(C)CCCNC2)cc1. The molecule has 1 aromatic carbocycles. The van der Waals surface area contributed by atoms with E-state index in [0.29, 0.717) is 11.4 Å². The van der Waals surface area contributed by atoms with Crippen molar-refractivity contribution in [2.24, 2.45) is 5.41 Å². The maximum absolute atomic E-state index is 12.3. The summed E-state index contributed by atoms with van der Waals surface area (Å²) in [5.74, 6) is 0. The lowest BCUT2D eigenvalue weighted by Crippen LogP contribution is -2.45. The van der Waals surface area contributed by atoms with Crippen LogP contribution in [0.1, 0.15) is 32.3 Å². The molecule has 1 aliphatic heterocycles. The van der Waals surface area contributed by atoms with Crippen LogP contribution in [0, 0.1) is 5.41 Å². The Hall–Kier alpha value is -0.910. The molecule has 1 unspecified atom stereocenters. The van der Waals surface area contributed by atoms with Crippen molar-refractivity contribution in [3.63, 3.8) is 0 Å². The Balaban J connectivity index is 2.02. The van der Waals surface area contributed by atoms with Gasteiger partial charge in [-0.25, -0.2) is 13.1 Å². The van der Waals surface area contributed by atoms with Crippen LogP contribution in [0.5, 0.6) is 0 Å². The molecular formula is C15H24N2O2S. The standard InChI is InChI=1S/C15H24N2O2S/c1-3-13-5-7-14(8-6-13)20(18,19)17-12-15(2)9-4-10-16-11-15/h5-8,16-17H,3-4,9-12H2,1-2H3. The number of rotatable bonds is 5. The average molecular weight is 296 g/mol. The van der Waals surface area contributed by atoms with Gasteiger partial charge in [-0.15, -0.1) is 0 Å². The molecule has 2 N–H and O–H groups in total. The van der Waals surface area contributed by atoms with Gasteiger partial charge in [0.15, 0.2) is 0 Å². The van der Waals surface area contributed by atoms with Gasteiger partial charge >= 0.3 is 0 Å². The predicted octanol–water partition coefficient (Wildman–Crippen LogP) is 1.92. The minimum absolute atomic E-state index is 0.00861. The summed E-state index contributed by atoms with van der Waals surface area (Å²) in [5, 5.41) is 3.33. The van der Waals surface area contributed by atoms with Gasteiger partial charge in [0, 0.05) is 13.1 Å². The van der Waals surface area contributed by atoms with Gasteiger partial charge < -0.3 is 5.32 Å². The van der Waals surface area contributed by atoms with Crippen molar-refractivity contribution < 1.29 is 8.42 Å². The molecule has 1 fully saturated rings. The first kappa shape index (κ1) is 15.5. The van der Waals surface area contributed by atoms with Crippen LogP contribution in [0.25, 0.3) is 0 Å². The predicted molar refractivity (Wildman–Crippen MR) is 81.2 cm³/mol. The van der Waals surface area contributed by atoms with Crippen molar-refractivity contribution in [3.8, 4) is 0 Å². The third kappa shape index (κ3) is 3.81. The molecule has 1 aromatic rings. The molecule has 0 saturated carbocycles. The van der Waals surface area contributed by atoms with Crippen LogP contribution in [-0.2, 0) is 16.4 Å². The van der Waals surface area contributed by atoms with E-state index in [1.165, 1.54) is 0 Å². The second-order valence-electron chi connectivity index (χ2n) is 5.91. The number of sulfonamides is 1. The number of piperidine rings is 1. The summed E-state index contributed by atoms with van der Waals surface area (Å²) in [6.45, 7) is 6.56. The summed E-state index contributed by atoms with van der Waals surface area (Å²) in [6.07, 6.45) is 3.07. The molecule has 0 radical (unpaired) electrons. The van der Waals surface area contributed by atoms with Crippen molar-refractivity contribution >= 4 is 10.0 Å². The first-order valence-corrected chi connectivity index (χ1v) is 8.73. The first-order valence-electron chi connectivity index (χ1n) is 7.24. The summed E-state index contributed by atoms with van der Waals surface area (Å²) in [7, 11) is -3.40. The Bertz CT molecular complexity index is 531. The zero-order chi connectivity index (χ0) is 14.6. The zero-order valence-electron chi connectivity index (χ0n) is 12.3. The maximum atomic E-state index is 12.3. The topological polar surface area (TPSA) is 58.2 Å². The summed E-state index contributed by atoms with van der Waals surface area (Å²) in [6, 6.07) is 7.11. The van der Waals surface area contributed by atoms with Crippen LogP contribution in [0.15, 0.2) is 29.2 Å². The maximum Gasteiger partial charge on any atom is 0.240 e. The van der Waals surface area contributed by atoms with Crippen LogP contribution in [0.3, 0.4) is 0 Å². The van der Waals surface area contributed by atoms with Crippen LogP contribution in [0.2, 0.25) is 0 Å². The van der Waals surface area contributed by atoms with Crippen LogP contribution in [0.4, 0.5) is 0 Å². The number of benzene rings is 1. The second-order valence-corrected chi connectivity index (χ2v) is 7.68. The van der Waals surface area contributed by atoms with Gasteiger partial charge in [0.25, 0.3) is 0 Å². The quantitative estimate of drug-likeness (QED) is 0.873. The molecule has 0 amide bonds. The normalized spacial score (nSPS) is 23.7. The van der Waals surface area contributed by atoms with Crippen molar-refractivity contribution in [3.05, 3.63) is 29.8 Å². The van der Waals surface area contributed by atoms with Crippen molar-refractivity contribution in [2.45, 2.75) is 38.0 Å². The molecule has 2 rings (SSSR count). The van der Waals surface area contributed by atoms with E-state index in [2.05, 4.69) is 23.9 Å². The van der Waals surface area contributed by atoms with Crippen LogP contribution >= 0.6 is 0 Å². The Morgan fingerprint density at radius 1 is 1.30 bits per heavy atom. The molecule has 112 valence electrons. The summed E-state index contributed by atoms with van der Waals surface area (Å²) >= 11 is 0. The Morgan fingerprint density at radius 3 is 2.55 bits per heavy atom. The van der Waals surface area contributed by atoms with Gasteiger partial charge in [0.1, 0.15) is 0 Å². The monoisotopic (exact) mass is 296 g/mol. The highest BCUT2D eigenvalue weighted by molar-refractivity contribution is 7.89. The molecule has 0 aromatic heterocycles. The Kier molecular flexibility index (Phi) is 4.83. The highest BCUT2D eigenvalue weighted by Crippen LogP contribution is 2.25. The molecule has 1 aliphatic rings. The number of aryl methyl sites for hydroxylation is 1. The lowest BCUT2D eigenvalue weighted by Gasteiger charge is -2.34. The lowest BCUT2D eigenvalue weighted by atomic mass is 9.83. The van der Waals surface area contributed by atoms with E-state index >= 15 is 0 Å². The van der Waals surface area contributed by atoms with Gasteiger partial charge in [-0.05, 0) is 48.9 Å². The average Bonchev–Trinajstić information content (AvgIpc) is 2.46. The van der Waals surface area contributed by atoms with Crippen molar-refractivity contribution in [1.29, 1.82) is 0 Å². The smallest absolute Gasteiger partial charge is 0.240 e. The zero-order valence-corrected chi connectivity index (χ0v) is 13.1. The molecule has 0 aliphatic carbocycles. The van der Waals surface area contributed by atoms with Crippen molar-refractivity contribution in [1.82, 2.24) is 10.0 Å². The molecule has 1 saturated heterocycles. The third-order valence-electron chi connectivity index (χ3n) is 4.02. The Morgan fingerprint density at radius 2 is 2.00 bits per heavy atom. The van der Waals surface area contributed by atoms with Gasteiger partial charge in [0.05, 0.1) is 4.90 Å². The number of hydrogen-bond donors (Lipinski definition) is 2. The lowest BCUT2D eigenvalue weighted by molar-refractivity contribution is 0.238. The molecule has 0 bridgehead atoms. The molecule has 0 spiro atoms. The summed E-state index contributed by atoms with van der Waals surface area (Å²) in [5.41, 5.74) is 1.15. The fourth-order valence-electron chi connectivity index (χ4n) is 2.53. The molecular weight excluding hydrogens is 272 g/mol. The van der Waals surface area contributed by atoms with Gasteiger partial charge in [-0.3, -0.25) is 0 Å². The largest absolute Gasteiger partial charge is 0.316 e. The molecule has 4 nitrogen and oxygen atoms in total. The van der Waals surface area contributed by atoms with E-state index in [-0.39, 0.29) is 5.41 Å². The van der Waals surface area contributed by atoms with Gasteiger partial charge in [0.2, 0.25) is 10.0 Å². The van der Waals surface area contributed by atoms with E-state index in [9.17, 15) is 8.42 Å². The minimum Gasteiger partial charge on any atom is -0.316 e. The second kappa shape index (κ2) is 6.24. The van der Waals surface area contributed by atoms with E-state index in [4.69, 9.17) is 0 Å². The number of hydrogen-bond acceptors (Lipinski definition) is 3. The highest BCUT2D eigenvalue weighted by Gasteiger charge is 2.28. The van der Waals surface area contributed by atoms with Gasteiger partial charge in [-0.2, -0.15) is 0 Å². The summed E-state index contributed by atoms with van der Waals surface area (Å²) < 4.78 is 27.3. The minimum atomic E-state index is -3.40. The van der Waals surface area contributed by atoms with Crippen LogP contribution in [-0.4, -0.2) is 28.1 Å². The van der Waals surface area contributed by atoms with E-state index in [0.717, 1.165) is 37.9 Å². The fourth-order valence-corrected chi connectivity index (χ4v) is 3.73. The fraction of sp³-hybridized carbons (Fsp3) is 0.600. The van der Waals surface area contributed by atoms with Crippen LogP contribution < -0.4 is 10.0 Å². The van der Waals surface area contributed by atoms with E-state index < -0.39 is 10.0 Å². The molecule has 1 atom stereocenters.